The number of carbonyl (C=O) groups is 1. The Balaban J connectivity index is 0.000000277. The fraction of sp³-hybridized carbons (Fsp3) is 0.160. The molecule has 0 aliphatic carbocycles. The largest absolute Gasteiger partial charge is 0.442 e. The van der Waals surface area contributed by atoms with Crippen LogP contribution in [0.1, 0.15) is 25.2 Å². The lowest BCUT2D eigenvalue weighted by Gasteiger charge is -2.06. The first-order chi connectivity index (χ1) is 17.7. The van der Waals surface area contributed by atoms with Gasteiger partial charge in [0.05, 0.1) is 9.26 Å². The Morgan fingerprint density at radius 2 is 1.81 bits per heavy atom. The normalized spacial score (nSPS) is 9.54. The lowest BCUT2D eigenvalue weighted by Crippen LogP contribution is -2.10. The second kappa shape index (κ2) is 16.4. The summed E-state index contributed by atoms with van der Waals surface area (Å²) in [6.07, 6.45) is 2.23. The van der Waals surface area contributed by atoms with E-state index in [0.29, 0.717) is 41.7 Å². The molecular weight excluding hydrogens is 653 g/mol. The van der Waals surface area contributed by atoms with Crippen LogP contribution < -0.4 is 28.3 Å². The van der Waals surface area contributed by atoms with E-state index in [4.69, 9.17) is 37.5 Å². The van der Waals surface area contributed by atoms with Crippen LogP contribution in [0.5, 0.6) is 0 Å². The van der Waals surface area contributed by atoms with Gasteiger partial charge in [0.25, 0.3) is 0 Å². The third-order valence-electron chi connectivity index (χ3n) is 4.36. The number of amides is 1. The van der Waals surface area contributed by atoms with Crippen molar-refractivity contribution in [3.8, 4) is 0 Å². The maximum Gasteiger partial charge on any atom is 0.212 e. The highest BCUT2D eigenvalue weighted by Crippen LogP contribution is 2.28. The van der Waals surface area contributed by atoms with Crippen LogP contribution in [0, 0.1) is 8.98 Å². The molecule has 4 rings (SSSR count). The SMILES string of the molecule is CC.COCc1oc(N)cc1I.N=C(N)c1ccc(N)cc1.Nc1c(NC=O)ncc2ccc(Br)cc12. The van der Waals surface area contributed by atoms with Crippen molar-refractivity contribution in [3.63, 3.8) is 0 Å². The molecular formula is C25H31BrIN7O3. The summed E-state index contributed by atoms with van der Waals surface area (Å²) < 4.78 is 11.9. The predicted molar refractivity (Wildman–Crippen MR) is 163 cm³/mol. The van der Waals surface area contributed by atoms with Gasteiger partial charge < -0.3 is 37.4 Å². The Bertz CT molecular complexity index is 1300. The summed E-state index contributed by atoms with van der Waals surface area (Å²) in [6.45, 7) is 4.48. The molecule has 0 radical (unpaired) electrons. The first-order valence-electron chi connectivity index (χ1n) is 10.9. The van der Waals surface area contributed by atoms with Crippen molar-refractivity contribution < 1.29 is 13.9 Å². The number of fused-ring (bicyclic) bond motifs is 1. The standard InChI is InChI=1S/C10H8BrN3O.C7H9N3.C6H8INO2.C2H6/c11-7-2-1-6-4-13-10(14-5-15)9(12)8(6)3-7;8-6-3-1-5(2-4-6)7(9)10;1-9-3-5-4(7)2-6(8)10-5;1-2/h1-5H,12H2,(H,13,14,15);1-4H,8H2,(H3,9,10);2H,3,8H2,1H3;1-2H3. The maximum absolute atomic E-state index is 10.3. The van der Waals surface area contributed by atoms with Gasteiger partial charge in [-0.1, -0.05) is 35.8 Å². The zero-order valence-corrected chi connectivity index (χ0v) is 24.5. The summed E-state index contributed by atoms with van der Waals surface area (Å²) in [4.78, 5) is 14.4. The van der Waals surface area contributed by atoms with E-state index in [0.717, 1.165) is 24.6 Å². The number of benzene rings is 2. The van der Waals surface area contributed by atoms with E-state index in [1.165, 1.54) is 0 Å². The second-order valence-electron chi connectivity index (χ2n) is 6.90. The molecule has 0 unspecified atom stereocenters. The van der Waals surface area contributed by atoms with Crippen LogP contribution in [0.15, 0.2) is 63.6 Å². The number of nitrogen functional groups attached to an aromatic ring is 4. The molecule has 10 N–H and O–H groups in total. The van der Waals surface area contributed by atoms with Gasteiger partial charge in [-0.25, -0.2) is 4.98 Å². The minimum absolute atomic E-state index is 0.0694. The summed E-state index contributed by atoms with van der Waals surface area (Å²) in [5.41, 5.74) is 23.7. The Labute approximate surface area is 237 Å². The number of aromatic nitrogens is 1. The predicted octanol–water partition coefficient (Wildman–Crippen LogP) is 5.34. The smallest absolute Gasteiger partial charge is 0.212 e. The third kappa shape index (κ3) is 10.3. The van der Waals surface area contributed by atoms with Gasteiger partial charge >= 0.3 is 0 Å². The van der Waals surface area contributed by atoms with Gasteiger partial charge in [0, 0.05) is 45.9 Å². The summed E-state index contributed by atoms with van der Waals surface area (Å²) >= 11 is 5.52. The van der Waals surface area contributed by atoms with Gasteiger partial charge in [-0.2, -0.15) is 0 Å². The highest BCUT2D eigenvalue weighted by molar-refractivity contribution is 14.1. The second-order valence-corrected chi connectivity index (χ2v) is 8.98. The molecule has 0 saturated carbocycles. The number of methoxy groups -OCH3 is 1. The minimum atomic E-state index is 0.0694. The average molecular weight is 684 g/mol. The number of carbonyl (C=O) groups excluding carboxylic acids is 1. The maximum atomic E-state index is 10.3. The first kappa shape index (κ1) is 31.7. The number of furan rings is 1. The fourth-order valence-electron chi connectivity index (χ4n) is 2.69. The van der Waals surface area contributed by atoms with E-state index in [2.05, 4.69) is 48.8 Å². The highest BCUT2D eigenvalue weighted by Gasteiger charge is 2.06. The number of hydrogen-bond donors (Lipinski definition) is 6. The molecule has 12 heteroatoms. The summed E-state index contributed by atoms with van der Waals surface area (Å²) in [5.74, 6) is 1.69. The number of nitrogens with two attached hydrogens (primary N) is 4. The van der Waals surface area contributed by atoms with Crippen molar-refractivity contribution in [2.75, 3.05) is 29.6 Å². The van der Waals surface area contributed by atoms with Crippen molar-refractivity contribution in [2.24, 2.45) is 5.73 Å². The van der Waals surface area contributed by atoms with Crippen LogP contribution >= 0.6 is 38.5 Å². The molecule has 10 nitrogen and oxygen atoms in total. The number of halogens is 2. The van der Waals surface area contributed by atoms with Crippen LogP contribution in [0.4, 0.5) is 23.1 Å². The molecule has 0 atom stereocenters. The molecule has 1 amide bonds. The molecule has 0 aliphatic rings. The van der Waals surface area contributed by atoms with Crippen LogP contribution in [0.25, 0.3) is 10.8 Å². The van der Waals surface area contributed by atoms with Gasteiger partial charge in [0.1, 0.15) is 18.2 Å². The summed E-state index contributed by atoms with van der Waals surface area (Å²) in [5, 5.41) is 11.3. The molecule has 2 aromatic carbocycles. The van der Waals surface area contributed by atoms with Crippen molar-refractivity contribution in [1.29, 1.82) is 5.41 Å². The van der Waals surface area contributed by atoms with E-state index in [1.807, 2.05) is 32.0 Å². The van der Waals surface area contributed by atoms with Gasteiger partial charge in [-0.15, -0.1) is 0 Å². The molecule has 0 bridgehead atoms. The number of anilines is 4. The van der Waals surface area contributed by atoms with Crippen LogP contribution in [0.3, 0.4) is 0 Å². The van der Waals surface area contributed by atoms with E-state index in [-0.39, 0.29) is 5.84 Å². The molecule has 0 spiro atoms. The zero-order chi connectivity index (χ0) is 28.0. The number of pyridine rings is 1. The van der Waals surface area contributed by atoms with Gasteiger partial charge in [0.15, 0.2) is 11.7 Å². The number of hydrogen-bond acceptors (Lipinski definition) is 8. The summed E-state index contributed by atoms with van der Waals surface area (Å²) in [6, 6.07) is 14.4. The Morgan fingerprint density at radius 3 is 2.32 bits per heavy atom. The topological polar surface area (TPSA) is 192 Å². The van der Waals surface area contributed by atoms with Crippen molar-refractivity contribution in [1.82, 2.24) is 4.98 Å². The highest BCUT2D eigenvalue weighted by atomic mass is 127. The lowest BCUT2D eigenvalue weighted by molar-refractivity contribution is -0.105. The molecule has 2 aromatic heterocycles. The van der Waals surface area contributed by atoms with Crippen molar-refractivity contribution >= 4 is 84.6 Å². The number of nitrogens with zero attached hydrogens (tertiary/aromatic N) is 1. The Kier molecular flexibility index (Phi) is 14.0. The molecule has 0 saturated heterocycles. The van der Waals surface area contributed by atoms with Crippen molar-refractivity contribution in [3.05, 3.63) is 74.1 Å². The number of amidine groups is 1. The minimum Gasteiger partial charge on any atom is -0.442 e. The monoisotopic (exact) mass is 683 g/mol. The first-order valence-corrected chi connectivity index (χ1v) is 12.8. The Morgan fingerprint density at radius 1 is 1.16 bits per heavy atom. The zero-order valence-electron chi connectivity index (χ0n) is 20.7. The summed E-state index contributed by atoms with van der Waals surface area (Å²) in [7, 11) is 1.62. The average Bonchev–Trinajstić information content (AvgIpc) is 3.20. The van der Waals surface area contributed by atoms with Gasteiger partial charge in [-0.3, -0.25) is 10.2 Å². The van der Waals surface area contributed by atoms with E-state index in [1.54, 1.807) is 43.6 Å². The molecule has 2 heterocycles. The fourth-order valence-corrected chi connectivity index (χ4v) is 3.63. The van der Waals surface area contributed by atoms with E-state index >= 15 is 0 Å². The molecule has 198 valence electrons. The van der Waals surface area contributed by atoms with Gasteiger partial charge in [-0.05, 0) is 59.0 Å². The van der Waals surface area contributed by atoms with Crippen LogP contribution in [0.2, 0.25) is 0 Å². The molecule has 0 fully saturated rings. The Hall–Kier alpha value is -3.36. The molecule has 37 heavy (non-hydrogen) atoms. The third-order valence-corrected chi connectivity index (χ3v) is 5.77. The number of ether oxygens (including phenoxy) is 1. The lowest BCUT2D eigenvalue weighted by atomic mass is 10.1. The number of nitrogens with one attached hydrogen (secondary N) is 2. The van der Waals surface area contributed by atoms with Crippen LogP contribution in [-0.4, -0.2) is 24.3 Å². The van der Waals surface area contributed by atoms with Gasteiger partial charge in [0.2, 0.25) is 6.41 Å². The van der Waals surface area contributed by atoms with E-state index in [9.17, 15) is 4.79 Å². The quantitative estimate of drug-likeness (QED) is 0.0534. The molecule has 4 aromatic rings. The molecule has 0 aliphatic heterocycles. The van der Waals surface area contributed by atoms with E-state index < -0.39 is 0 Å². The van der Waals surface area contributed by atoms with Crippen molar-refractivity contribution in [2.45, 2.75) is 20.5 Å². The van der Waals surface area contributed by atoms with Crippen LogP contribution in [-0.2, 0) is 16.1 Å². The number of rotatable bonds is 5.